The number of carbonyl (C=O) groups excluding carboxylic acids is 1. The molecule has 182 valence electrons. The Morgan fingerprint density at radius 3 is 2.34 bits per heavy atom. The third-order valence-electron chi connectivity index (χ3n) is 7.97. The van der Waals surface area contributed by atoms with Gasteiger partial charge in [0, 0.05) is 24.2 Å². The maximum absolute atomic E-state index is 14.7. The van der Waals surface area contributed by atoms with E-state index in [2.05, 4.69) is 67.3 Å². The van der Waals surface area contributed by atoms with E-state index in [0.717, 1.165) is 25.8 Å². The van der Waals surface area contributed by atoms with E-state index in [0.29, 0.717) is 24.6 Å². The Kier molecular flexibility index (Phi) is 7.01. The van der Waals surface area contributed by atoms with Crippen molar-refractivity contribution < 1.29 is 9.18 Å². The molecule has 5 rings (SSSR count). The van der Waals surface area contributed by atoms with Crippen LogP contribution >= 0.6 is 0 Å². The Morgan fingerprint density at radius 1 is 0.971 bits per heavy atom. The molecule has 4 heteroatoms. The van der Waals surface area contributed by atoms with Crippen LogP contribution in [-0.4, -0.2) is 34.8 Å². The molecule has 2 unspecified atom stereocenters. The van der Waals surface area contributed by atoms with Gasteiger partial charge in [-0.1, -0.05) is 73.7 Å². The Balaban J connectivity index is 1.41. The minimum absolute atomic E-state index is 0.0543. The summed E-state index contributed by atoms with van der Waals surface area (Å²) >= 11 is 0. The van der Waals surface area contributed by atoms with Gasteiger partial charge in [0.05, 0.1) is 6.54 Å². The molecule has 1 heterocycles. The molecule has 2 aliphatic rings. The fourth-order valence-corrected chi connectivity index (χ4v) is 6.12. The molecule has 1 aliphatic heterocycles. The zero-order chi connectivity index (χ0) is 24.4. The zero-order valence-electron chi connectivity index (χ0n) is 20.8. The van der Waals surface area contributed by atoms with E-state index in [1.165, 1.54) is 34.7 Å². The van der Waals surface area contributed by atoms with Gasteiger partial charge in [-0.15, -0.1) is 0 Å². The second-order valence-corrected chi connectivity index (χ2v) is 10.3. The van der Waals surface area contributed by atoms with Gasteiger partial charge in [-0.05, 0) is 73.4 Å². The number of nitrogens with zero attached hydrogens (tertiary/aromatic N) is 2. The first-order chi connectivity index (χ1) is 17.0. The smallest absolute Gasteiger partial charge is 0.237 e. The molecule has 1 fully saturated rings. The van der Waals surface area contributed by atoms with Crippen molar-refractivity contribution >= 4 is 5.91 Å². The molecule has 0 radical (unpaired) electrons. The number of hydrogen-bond donors (Lipinski definition) is 0. The molecule has 3 nitrogen and oxygen atoms in total. The number of benzene rings is 3. The topological polar surface area (TPSA) is 23.6 Å². The summed E-state index contributed by atoms with van der Waals surface area (Å²) in [5.41, 5.74) is 5.78. The summed E-state index contributed by atoms with van der Waals surface area (Å²) in [6.07, 6.45) is 3.92. The molecule has 2 atom stereocenters. The summed E-state index contributed by atoms with van der Waals surface area (Å²) in [7, 11) is 0. The summed E-state index contributed by atoms with van der Waals surface area (Å²) in [4.78, 5) is 18.3. The van der Waals surface area contributed by atoms with E-state index >= 15 is 0 Å². The van der Waals surface area contributed by atoms with Crippen molar-refractivity contribution in [3.05, 3.63) is 106 Å². The first kappa shape index (κ1) is 23.7. The number of halogens is 1. The Bertz CT molecular complexity index is 1170. The number of amides is 1. The summed E-state index contributed by atoms with van der Waals surface area (Å²) in [5, 5.41) is 0. The van der Waals surface area contributed by atoms with E-state index in [4.69, 9.17) is 0 Å². The summed E-state index contributed by atoms with van der Waals surface area (Å²) in [6, 6.07) is 24.1. The van der Waals surface area contributed by atoms with E-state index in [1.807, 2.05) is 11.0 Å². The maximum Gasteiger partial charge on any atom is 0.237 e. The highest BCUT2D eigenvalue weighted by atomic mass is 19.1. The van der Waals surface area contributed by atoms with Gasteiger partial charge in [-0.25, -0.2) is 4.39 Å². The van der Waals surface area contributed by atoms with E-state index in [-0.39, 0.29) is 23.8 Å². The third-order valence-corrected chi connectivity index (χ3v) is 7.97. The van der Waals surface area contributed by atoms with E-state index in [1.54, 1.807) is 12.1 Å². The lowest BCUT2D eigenvalue weighted by Gasteiger charge is -2.42. The molecule has 0 saturated carbocycles. The number of piperidine rings is 1. The summed E-state index contributed by atoms with van der Waals surface area (Å²) < 4.78 is 14.7. The van der Waals surface area contributed by atoms with Crippen LogP contribution in [0.2, 0.25) is 0 Å². The lowest BCUT2D eigenvalue weighted by atomic mass is 9.84. The van der Waals surface area contributed by atoms with Crippen LogP contribution in [0.25, 0.3) is 0 Å². The molecule has 1 saturated heterocycles. The lowest BCUT2D eigenvalue weighted by Crippen LogP contribution is -2.48. The van der Waals surface area contributed by atoms with Gasteiger partial charge < -0.3 is 4.90 Å². The normalized spacial score (nSPS) is 20.5. The molecule has 0 N–H and O–H groups in total. The van der Waals surface area contributed by atoms with Crippen molar-refractivity contribution in [2.75, 3.05) is 13.1 Å². The standard InChI is InChI=1S/C31H35FN2O/c1-22-10-3-7-15-28(22)31-23(2)11-9-17-33(31)21-30(35)34(20-26-14-6-8-16-29(26)32)27-18-24-12-4-5-13-25(24)19-27/h3-8,10,12-16,23,27,31H,9,11,17-21H2,1-2H3. The van der Waals surface area contributed by atoms with Crippen LogP contribution in [0, 0.1) is 18.7 Å². The molecule has 0 bridgehead atoms. The summed E-state index contributed by atoms with van der Waals surface area (Å²) in [5.74, 6) is 0.331. The van der Waals surface area contributed by atoms with Gasteiger partial charge in [0.2, 0.25) is 5.91 Å². The molecule has 1 amide bonds. The lowest BCUT2D eigenvalue weighted by molar-refractivity contribution is -0.136. The Labute approximate surface area is 208 Å². The van der Waals surface area contributed by atoms with Gasteiger partial charge in [0.1, 0.15) is 5.82 Å². The number of aryl methyl sites for hydroxylation is 1. The van der Waals surface area contributed by atoms with Gasteiger partial charge in [0.25, 0.3) is 0 Å². The number of likely N-dealkylation sites (tertiary alicyclic amines) is 1. The predicted octanol–water partition coefficient (Wildman–Crippen LogP) is 6.10. The van der Waals surface area contributed by atoms with Crippen LogP contribution < -0.4 is 0 Å². The minimum Gasteiger partial charge on any atom is -0.333 e. The maximum atomic E-state index is 14.7. The largest absolute Gasteiger partial charge is 0.333 e. The fraction of sp³-hybridized carbons (Fsp3) is 0.387. The molecular formula is C31H35FN2O. The van der Waals surface area contributed by atoms with Crippen molar-refractivity contribution in [2.24, 2.45) is 5.92 Å². The highest BCUT2D eigenvalue weighted by molar-refractivity contribution is 5.79. The van der Waals surface area contributed by atoms with E-state index < -0.39 is 0 Å². The first-order valence-corrected chi connectivity index (χ1v) is 12.9. The Morgan fingerprint density at radius 2 is 1.63 bits per heavy atom. The summed E-state index contributed by atoms with van der Waals surface area (Å²) in [6.45, 7) is 6.05. The first-order valence-electron chi connectivity index (χ1n) is 12.9. The van der Waals surface area contributed by atoms with Gasteiger partial charge in [0.15, 0.2) is 0 Å². The van der Waals surface area contributed by atoms with Gasteiger partial charge >= 0.3 is 0 Å². The Hall–Kier alpha value is -2.98. The highest BCUT2D eigenvalue weighted by Gasteiger charge is 2.35. The average Bonchev–Trinajstić information content (AvgIpc) is 3.28. The fourth-order valence-electron chi connectivity index (χ4n) is 6.12. The highest BCUT2D eigenvalue weighted by Crippen LogP contribution is 2.37. The molecule has 35 heavy (non-hydrogen) atoms. The number of hydrogen-bond acceptors (Lipinski definition) is 2. The SMILES string of the molecule is Cc1ccccc1C1C(C)CCCN1CC(=O)N(Cc1ccccc1F)C1Cc2ccccc2C1. The second-order valence-electron chi connectivity index (χ2n) is 10.3. The van der Waals surface area contributed by atoms with E-state index in [9.17, 15) is 9.18 Å². The van der Waals surface area contributed by atoms with Crippen LogP contribution in [0.4, 0.5) is 4.39 Å². The quantitative estimate of drug-likeness (QED) is 0.434. The third kappa shape index (κ3) is 5.04. The number of fused-ring (bicyclic) bond motifs is 1. The zero-order valence-corrected chi connectivity index (χ0v) is 20.8. The van der Waals surface area contributed by atoms with Crippen LogP contribution in [-0.2, 0) is 24.2 Å². The van der Waals surface area contributed by atoms with Crippen molar-refractivity contribution in [2.45, 2.75) is 58.2 Å². The van der Waals surface area contributed by atoms with Crippen LogP contribution in [0.5, 0.6) is 0 Å². The van der Waals surface area contributed by atoms with Gasteiger partial charge in [-0.2, -0.15) is 0 Å². The molecule has 3 aromatic rings. The monoisotopic (exact) mass is 470 g/mol. The second kappa shape index (κ2) is 10.3. The van der Waals surface area contributed by atoms with Crippen molar-refractivity contribution in [3.8, 4) is 0 Å². The van der Waals surface area contributed by atoms with Crippen molar-refractivity contribution in [1.82, 2.24) is 9.80 Å². The van der Waals surface area contributed by atoms with Crippen LogP contribution in [0.3, 0.4) is 0 Å². The molecule has 0 aromatic heterocycles. The molecular weight excluding hydrogens is 435 g/mol. The van der Waals surface area contributed by atoms with Crippen molar-refractivity contribution in [1.29, 1.82) is 0 Å². The van der Waals surface area contributed by atoms with Crippen LogP contribution in [0.1, 0.15) is 53.6 Å². The minimum atomic E-state index is -0.245. The number of rotatable bonds is 6. The molecule has 3 aromatic carbocycles. The average molecular weight is 471 g/mol. The predicted molar refractivity (Wildman–Crippen MR) is 138 cm³/mol. The molecule has 0 spiro atoms. The van der Waals surface area contributed by atoms with Gasteiger partial charge in [-0.3, -0.25) is 9.69 Å². The van der Waals surface area contributed by atoms with Crippen LogP contribution in [0.15, 0.2) is 72.8 Å². The number of carbonyl (C=O) groups is 1. The molecule has 1 aliphatic carbocycles. The van der Waals surface area contributed by atoms with Crippen molar-refractivity contribution in [3.63, 3.8) is 0 Å².